The predicted molar refractivity (Wildman–Crippen MR) is 377 cm³/mol. The fourth-order valence-corrected chi connectivity index (χ4v) is 14.4. The molecule has 0 aromatic carbocycles. The number of nitrogens with zero attached hydrogens (tertiary/aromatic N) is 2. The topological polar surface area (TPSA) is 30.5 Å². The second-order valence-electron chi connectivity index (χ2n) is 28.5. The third kappa shape index (κ3) is 55.2. The molecule has 0 aliphatic rings. The number of hydrogen-bond acceptors (Lipinski definition) is 4. The molecule has 0 atom stereocenters. The molecule has 0 amide bonds. The summed E-state index contributed by atoms with van der Waals surface area (Å²) in [5.41, 5.74) is 0.576. The van der Waals surface area contributed by atoms with E-state index in [1.807, 2.05) is 0 Å². The Morgan fingerprint density at radius 2 is 0.415 bits per heavy atom. The van der Waals surface area contributed by atoms with Crippen molar-refractivity contribution < 1.29 is 0 Å². The summed E-state index contributed by atoms with van der Waals surface area (Å²) < 4.78 is 0. The van der Waals surface area contributed by atoms with Gasteiger partial charge in [0.05, 0.1) is 0 Å². The van der Waals surface area contributed by atoms with Crippen LogP contribution < -0.4 is 10.6 Å². The number of nitrogens with one attached hydrogen (secondary N) is 2. The molecular weight excluding hydrogens is 993 g/mol. The van der Waals surface area contributed by atoms with Crippen LogP contribution >= 0.6 is 0 Å². The van der Waals surface area contributed by atoms with Gasteiger partial charge in [-0.3, -0.25) is 0 Å². The van der Waals surface area contributed by atoms with E-state index in [1.54, 1.807) is 0 Å². The summed E-state index contributed by atoms with van der Waals surface area (Å²) in [7, 11) is 9.10. The average Bonchev–Trinajstić information content (AvgIpc) is 3.51. The van der Waals surface area contributed by atoms with Crippen LogP contribution in [0.3, 0.4) is 0 Å². The first-order valence-electron chi connectivity index (χ1n) is 39.1. The van der Waals surface area contributed by atoms with Gasteiger partial charge in [0, 0.05) is 5.54 Å². The molecule has 0 bridgehead atoms. The lowest BCUT2D eigenvalue weighted by molar-refractivity contribution is 0.0232. The Bertz CT molecular complexity index is 1090. The zero-order chi connectivity index (χ0) is 59.7. The van der Waals surface area contributed by atoms with Gasteiger partial charge in [0.25, 0.3) is 0 Å². The minimum absolute atomic E-state index is 0.228. The summed E-state index contributed by atoms with van der Waals surface area (Å²) in [6, 6.07) is 0. The molecule has 0 radical (unpaired) electrons. The van der Waals surface area contributed by atoms with Gasteiger partial charge in [0.1, 0.15) is 0 Å². The molecule has 0 saturated heterocycles. The van der Waals surface area contributed by atoms with Crippen LogP contribution in [-0.4, -0.2) is 76.3 Å². The van der Waals surface area contributed by atoms with Gasteiger partial charge in [-0.05, 0) is 111 Å². The van der Waals surface area contributed by atoms with Crippen LogP contribution in [0.4, 0.5) is 0 Å². The smallest absolute Gasteiger partial charge is 0.0238 e. The van der Waals surface area contributed by atoms with Gasteiger partial charge in [-0.2, -0.15) is 0 Å². The van der Waals surface area contributed by atoms with Crippen LogP contribution in [-0.2, 0) is 0 Å². The first-order chi connectivity index (χ1) is 40.3. The summed E-state index contributed by atoms with van der Waals surface area (Å²) in [5, 5.41) is 8.86. The van der Waals surface area contributed by atoms with Crippen molar-refractivity contribution in [3.63, 3.8) is 0 Å². The Balaban J connectivity index is 6.49. The van der Waals surface area contributed by atoms with Gasteiger partial charge in [-0.25, -0.2) is 0 Å². The maximum atomic E-state index is 4.73. The maximum Gasteiger partial charge on any atom is 0.0238 e. The third-order valence-corrected chi connectivity index (χ3v) is 19.9. The van der Waals surface area contributed by atoms with Crippen molar-refractivity contribution in [3.05, 3.63) is 0 Å². The van der Waals surface area contributed by atoms with E-state index < -0.39 is 0 Å². The molecule has 0 rings (SSSR count). The van der Waals surface area contributed by atoms with Crippen LogP contribution in [0.5, 0.6) is 0 Å². The lowest BCUT2D eigenvalue weighted by Gasteiger charge is -2.54. The molecular formula is C78H162N4. The van der Waals surface area contributed by atoms with Crippen molar-refractivity contribution in [1.29, 1.82) is 0 Å². The highest BCUT2D eigenvalue weighted by atomic mass is 15.1. The van der Waals surface area contributed by atoms with Crippen LogP contribution in [0.25, 0.3) is 0 Å². The van der Waals surface area contributed by atoms with E-state index in [9.17, 15) is 0 Å². The summed E-state index contributed by atoms with van der Waals surface area (Å²) in [5.74, 6) is 0. The molecule has 82 heavy (non-hydrogen) atoms. The van der Waals surface area contributed by atoms with E-state index in [1.165, 1.54) is 431 Å². The zero-order valence-electron chi connectivity index (χ0n) is 59.0. The summed E-state index contributed by atoms with van der Waals surface area (Å²) in [6.45, 7) is 15.3. The number of unbranched alkanes of at least 4 members (excludes halogenated alkanes) is 52. The summed E-state index contributed by atoms with van der Waals surface area (Å²) >= 11 is 0. The molecule has 0 aliphatic heterocycles. The largest absolute Gasteiger partial charge is 0.317 e. The zero-order valence-corrected chi connectivity index (χ0v) is 59.0. The quantitative estimate of drug-likeness (QED) is 0.0594. The van der Waals surface area contributed by atoms with E-state index in [4.69, 9.17) is 5.32 Å². The van der Waals surface area contributed by atoms with Crippen molar-refractivity contribution >= 4 is 0 Å². The predicted octanol–water partition coefficient (Wildman–Crippen LogP) is 25.7. The van der Waals surface area contributed by atoms with E-state index in [2.05, 4.69) is 71.0 Å². The highest BCUT2D eigenvalue weighted by Crippen LogP contribution is 2.50. The Hall–Kier alpha value is -0.160. The second kappa shape index (κ2) is 66.8. The normalized spacial score (nSPS) is 12.4. The summed E-state index contributed by atoms with van der Waals surface area (Å²) in [6.07, 6.45) is 90.8. The Labute approximate surface area is 521 Å². The van der Waals surface area contributed by atoms with Gasteiger partial charge >= 0.3 is 0 Å². The van der Waals surface area contributed by atoms with E-state index >= 15 is 0 Å². The van der Waals surface area contributed by atoms with Crippen molar-refractivity contribution in [1.82, 2.24) is 20.4 Å². The van der Waals surface area contributed by atoms with Gasteiger partial charge in [0.15, 0.2) is 0 Å². The fraction of sp³-hybridized carbons (Fsp3) is 1.00. The molecule has 0 aliphatic carbocycles. The Morgan fingerprint density at radius 3 is 0.646 bits per heavy atom. The Kier molecular flexibility index (Phi) is 66.7. The number of rotatable bonds is 73. The molecule has 0 fully saturated rings. The molecule has 0 aromatic heterocycles. The van der Waals surface area contributed by atoms with Crippen molar-refractivity contribution in [2.45, 2.75) is 438 Å². The van der Waals surface area contributed by atoms with E-state index in [0.717, 1.165) is 6.54 Å². The minimum Gasteiger partial charge on any atom is -0.317 e. The van der Waals surface area contributed by atoms with Crippen LogP contribution in [0.1, 0.15) is 432 Å². The fourth-order valence-electron chi connectivity index (χ4n) is 14.4. The van der Waals surface area contributed by atoms with E-state index in [-0.39, 0.29) is 5.54 Å². The molecule has 0 aromatic rings. The molecule has 2 N–H and O–H groups in total. The molecule has 0 saturated carbocycles. The Morgan fingerprint density at radius 1 is 0.207 bits per heavy atom. The maximum absolute atomic E-state index is 4.73. The van der Waals surface area contributed by atoms with Gasteiger partial charge in [-0.1, -0.05) is 387 Å². The monoisotopic (exact) mass is 1160 g/mol. The standard InChI is InChI=1S/C78H162N4/c1-9-13-17-21-25-29-33-37-41-45-49-53-57-61-67-77(71-74-79-72-65-75-81(5)6,68-62-58-54-50-46-42-38-34-30-26-22-18-14-10-2)78(80-73-66-76-82(7)8,69-63-59-55-51-47-43-39-35-31-27-23-19-15-11-3)70-64-60-56-52-48-44-40-36-32-28-24-20-16-12-4/h79-80H,9-76H2,1-8H3. The molecule has 0 unspecified atom stereocenters. The highest BCUT2D eigenvalue weighted by Gasteiger charge is 2.48. The van der Waals surface area contributed by atoms with Crippen molar-refractivity contribution in [3.8, 4) is 0 Å². The van der Waals surface area contributed by atoms with Crippen molar-refractivity contribution in [2.75, 3.05) is 60.9 Å². The van der Waals surface area contributed by atoms with Crippen molar-refractivity contribution in [2.24, 2.45) is 5.41 Å². The van der Waals surface area contributed by atoms with E-state index in [0.29, 0.717) is 5.41 Å². The van der Waals surface area contributed by atoms with Gasteiger partial charge in [0.2, 0.25) is 0 Å². The van der Waals surface area contributed by atoms with Crippen LogP contribution in [0.2, 0.25) is 0 Å². The first-order valence-corrected chi connectivity index (χ1v) is 39.1. The first kappa shape index (κ1) is 81.8. The highest BCUT2D eigenvalue weighted by molar-refractivity contribution is 5.05. The molecule has 0 spiro atoms. The lowest BCUT2D eigenvalue weighted by Crippen LogP contribution is -2.59. The summed E-state index contributed by atoms with van der Waals surface area (Å²) in [4.78, 5) is 4.82. The van der Waals surface area contributed by atoms with Crippen LogP contribution in [0, 0.1) is 5.41 Å². The second-order valence-corrected chi connectivity index (χ2v) is 28.5. The molecule has 4 heteroatoms. The lowest BCUT2D eigenvalue weighted by atomic mass is 9.58. The van der Waals surface area contributed by atoms with Gasteiger partial charge in [-0.15, -0.1) is 0 Å². The molecule has 494 valence electrons. The van der Waals surface area contributed by atoms with Gasteiger partial charge < -0.3 is 20.4 Å². The average molecular weight is 1160 g/mol. The minimum atomic E-state index is 0.228. The molecule has 4 nitrogen and oxygen atoms in total. The third-order valence-electron chi connectivity index (χ3n) is 19.9. The van der Waals surface area contributed by atoms with Crippen LogP contribution in [0.15, 0.2) is 0 Å². The SMILES string of the molecule is CCCCCCCCCCCCCCCCC(CCCCCCCCCCCCCCCC)(CCNCCCN(C)C)C(CCCCCCCCCCCCCCCC)(CCCCCCCCCCCCCCCC)NCCCN(C)C. The number of hydrogen-bond donors (Lipinski definition) is 2. The molecule has 0 heterocycles.